The van der Waals surface area contributed by atoms with Crippen molar-refractivity contribution in [3.05, 3.63) is 55.1 Å². The van der Waals surface area contributed by atoms with E-state index in [0.717, 1.165) is 18.7 Å². The molecule has 1 unspecified atom stereocenters. The zero-order valence-corrected chi connectivity index (χ0v) is 12.3. The molecule has 1 atom stereocenters. The molecule has 0 amide bonds. The minimum atomic E-state index is -0.459. The van der Waals surface area contributed by atoms with E-state index in [9.17, 15) is 5.11 Å². The quantitative estimate of drug-likeness (QED) is 0.850. The van der Waals surface area contributed by atoms with E-state index >= 15 is 0 Å². The standard InChI is InChI=1S/C12H10Br2OS/c13-11-7-9(12(14)16-11)10(15)6-8-4-2-1-3-5-8/h1-5,7,10,15H,6H2. The van der Waals surface area contributed by atoms with Crippen LogP contribution in [0, 0.1) is 0 Å². The fourth-order valence-electron chi connectivity index (χ4n) is 1.53. The molecule has 1 aromatic carbocycles. The Morgan fingerprint density at radius 1 is 1.19 bits per heavy atom. The molecule has 1 N–H and O–H groups in total. The molecule has 1 aromatic heterocycles. The summed E-state index contributed by atoms with van der Waals surface area (Å²) in [6, 6.07) is 12.0. The molecule has 16 heavy (non-hydrogen) atoms. The summed E-state index contributed by atoms with van der Waals surface area (Å²) in [4.78, 5) is 0. The van der Waals surface area contributed by atoms with Crippen LogP contribution in [0.3, 0.4) is 0 Å². The largest absolute Gasteiger partial charge is 0.388 e. The Morgan fingerprint density at radius 2 is 1.88 bits per heavy atom. The first-order chi connectivity index (χ1) is 7.66. The van der Waals surface area contributed by atoms with Crippen molar-refractivity contribution in [3.63, 3.8) is 0 Å². The van der Waals surface area contributed by atoms with Crippen LogP contribution in [-0.2, 0) is 6.42 Å². The number of aliphatic hydroxyl groups excluding tert-OH is 1. The van der Waals surface area contributed by atoms with E-state index in [0.29, 0.717) is 6.42 Å². The van der Waals surface area contributed by atoms with Crippen LogP contribution in [0.25, 0.3) is 0 Å². The molecule has 2 rings (SSSR count). The highest BCUT2D eigenvalue weighted by atomic mass is 79.9. The minimum absolute atomic E-state index is 0.459. The van der Waals surface area contributed by atoms with Crippen LogP contribution in [-0.4, -0.2) is 5.11 Å². The third kappa shape index (κ3) is 2.94. The van der Waals surface area contributed by atoms with Gasteiger partial charge in [-0.3, -0.25) is 0 Å². The molecule has 0 radical (unpaired) electrons. The summed E-state index contributed by atoms with van der Waals surface area (Å²) in [6.45, 7) is 0. The molecule has 2 aromatic rings. The third-order valence-electron chi connectivity index (χ3n) is 2.31. The number of rotatable bonds is 3. The van der Waals surface area contributed by atoms with Crippen LogP contribution in [0.15, 0.2) is 44.0 Å². The predicted octanol–water partition coefficient (Wildman–Crippen LogP) is 4.55. The zero-order chi connectivity index (χ0) is 11.5. The molecule has 1 heterocycles. The Labute approximate surface area is 115 Å². The van der Waals surface area contributed by atoms with Crippen LogP contribution in [0.2, 0.25) is 0 Å². The molecular weight excluding hydrogens is 352 g/mol. The smallest absolute Gasteiger partial charge is 0.0849 e. The van der Waals surface area contributed by atoms with Crippen molar-refractivity contribution < 1.29 is 5.11 Å². The monoisotopic (exact) mass is 360 g/mol. The molecule has 84 valence electrons. The first-order valence-corrected chi connectivity index (χ1v) is 7.24. The van der Waals surface area contributed by atoms with Crippen LogP contribution < -0.4 is 0 Å². The van der Waals surface area contributed by atoms with E-state index < -0.39 is 6.10 Å². The van der Waals surface area contributed by atoms with Gasteiger partial charge in [-0.25, -0.2) is 0 Å². The molecule has 0 spiro atoms. The molecule has 0 saturated carbocycles. The van der Waals surface area contributed by atoms with Gasteiger partial charge in [0.2, 0.25) is 0 Å². The summed E-state index contributed by atoms with van der Waals surface area (Å²) in [5, 5.41) is 10.1. The van der Waals surface area contributed by atoms with Gasteiger partial charge in [-0.2, -0.15) is 0 Å². The van der Waals surface area contributed by atoms with Gasteiger partial charge in [-0.05, 0) is 43.5 Å². The Kier molecular flexibility index (Phi) is 4.19. The Bertz CT molecular complexity index is 467. The van der Waals surface area contributed by atoms with Gasteiger partial charge in [0.15, 0.2) is 0 Å². The van der Waals surface area contributed by atoms with Crippen LogP contribution in [0.5, 0.6) is 0 Å². The molecular formula is C12H10Br2OS. The fraction of sp³-hybridized carbons (Fsp3) is 0.167. The van der Waals surface area contributed by atoms with Crippen molar-refractivity contribution in [3.8, 4) is 0 Å². The van der Waals surface area contributed by atoms with E-state index in [1.807, 2.05) is 36.4 Å². The lowest BCUT2D eigenvalue weighted by atomic mass is 10.0. The number of benzene rings is 1. The first kappa shape index (κ1) is 12.3. The van der Waals surface area contributed by atoms with Gasteiger partial charge < -0.3 is 5.11 Å². The Morgan fingerprint density at radius 3 is 2.44 bits per heavy atom. The molecule has 1 nitrogen and oxygen atoms in total. The maximum absolute atomic E-state index is 10.1. The number of thiophene rings is 1. The molecule has 0 aliphatic carbocycles. The van der Waals surface area contributed by atoms with E-state index in [1.165, 1.54) is 0 Å². The van der Waals surface area contributed by atoms with E-state index in [1.54, 1.807) is 11.3 Å². The third-order valence-corrected chi connectivity index (χ3v) is 4.70. The lowest BCUT2D eigenvalue weighted by Gasteiger charge is -2.09. The van der Waals surface area contributed by atoms with Crippen molar-refractivity contribution in [2.75, 3.05) is 0 Å². The van der Waals surface area contributed by atoms with Gasteiger partial charge in [-0.1, -0.05) is 30.3 Å². The van der Waals surface area contributed by atoms with Crippen molar-refractivity contribution >= 4 is 43.2 Å². The van der Waals surface area contributed by atoms with Crippen molar-refractivity contribution in [2.45, 2.75) is 12.5 Å². The van der Waals surface area contributed by atoms with E-state index in [4.69, 9.17) is 0 Å². The van der Waals surface area contributed by atoms with Crippen molar-refractivity contribution in [2.24, 2.45) is 0 Å². The van der Waals surface area contributed by atoms with Gasteiger partial charge in [0, 0.05) is 12.0 Å². The van der Waals surface area contributed by atoms with Crippen molar-refractivity contribution in [1.29, 1.82) is 0 Å². The first-order valence-electron chi connectivity index (χ1n) is 4.83. The average Bonchev–Trinajstić information content (AvgIpc) is 2.59. The highest BCUT2D eigenvalue weighted by Gasteiger charge is 2.14. The average molecular weight is 362 g/mol. The molecule has 4 heteroatoms. The summed E-state index contributed by atoms with van der Waals surface area (Å²) in [5.41, 5.74) is 2.09. The highest BCUT2D eigenvalue weighted by molar-refractivity contribution is 9.12. The van der Waals surface area contributed by atoms with Crippen LogP contribution >= 0.6 is 43.2 Å². The molecule has 0 aliphatic heterocycles. The maximum atomic E-state index is 10.1. The Hall–Kier alpha value is -0.160. The molecule has 0 fully saturated rings. The second-order valence-electron chi connectivity index (χ2n) is 3.49. The van der Waals surface area contributed by atoms with Crippen molar-refractivity contribution in [1.82, 2.24) is 0 Å². The van der Waals surface area contributed by atoms with Gasteiger partial charge in [-0.15, -0.1) is 11.3 Å². The van der Waals surface area contributed by atoms with Gasteiger partial charge in [0.05, 0.1) is 13.7 Å². The molecule has 0 bridgehead atoms. The predicted molar refractivity (Wildman–Crippen MR) is 74.8 cm³/mol. The number of halogens is 2. The number of hydrogen-bond acceptors (Lipinski definition) is 2. The van der Waals surface area contributed by atoms with Gasteiger partial charge >= 0.3 is 0 Å². The lowest BCUT2D eigenvalue weighted by molar-refractivity contribution is 0.178. The second kappa shape index (κ2) is 5.45. The van der Waals surface area contributed by atoms with E-state index in [-0.39, 0.29) is 0 Å². The summed E-state index contributed by atoms with van der Waals surface area (Å²) < 4.78 is 2.02. The summed E-state index contributed by atoms with van der Waals surface area (Å²) in [6.07, 6.45) is 0.183. The summed E-state index contributed by atoms with van der Waals surface area (Å²) in [5.74, 6) is 0. The minimum Gasteiger partial charge on any atom is -0.388 e. The van der Waals surface area contributed by atoms with Crippen LogP contribution in [0.4, 0.5) is 0 Å². The van der Waals surface area contributed by atoms with Gasteiger partial charge in [0.1, 0.15) is 0 Å². The second-order valence-corrected chi connectivity index (χ2v) is 7.23. The SMILES string of the molecule is OC(Cc1ccccc1)c1cc(Br)sc1Br. The van der Waals surface area contributed by atoms with Gasteiger partial charge in [0.25, 0.3) is 0 Å². The lowest BCUT2D eigenvalue weighted by Crippen LogP contribution is -2.00. The highest BCUT2D eigenvalue weighted by Crippen LogP contribution is 2.36. The van der Waals surface area contributed by atoms with Crippen LogP contribution in [0.1, 0.15) is 17.2 Å². The topological polar surface area (TPSA) is 20.2 Å². The Balaban J connectivity index is 2.14. The zero-order valence-electron chi connectivity index (χ0n) is 8.36. The molecule has 0 aliphatic rings. The number of hydrogen-bond donors (Lipinski definition) is 1. The number of aliphatic hydroxyl groups is 1. The fourth-order valence-corrected chi connectivity index (χ4v) is 4.48. The summed E-state index contributed by atoms with van der Waals surface area (Å²) in [7, 11) is 0. The summed E-state index contributed by atoms with van der Waals surface area (Å²) >= 11 is 8.46. The van der Waals surface area contributed by atoms with E-state index in [2.05, 4.69) is 31.9 Å². The molecule has 0 saturated heterocycles. The normalized spacial score (nSPS) is 12.7. The maximum Gasteiger partial charge on any atom is 0.0849 e.